The highest BCUT2D eigenvalue weighted by Crippen LogP contribution is 2.11. The van der Waals surface area contributed by atoms with Gasteiger partial charge < -0.3 is 9.47 Å². The standard InChI is InChI=1S/C18H34O4/c1-4-7-9-10-15-21-17(19)13-11-14-18(20)22-16(6-3)12-8-5-2/h16H,4-15H2,1-3H3. The van der Waals surface area contributed by atoms with Crippen LogP contribution in [0, 0.1) is 0 Å². The molecule has 0 aromatic rings. The summed E-state index contributed by atoms with van der Waals surface area (Å²) in [5.41, 5.74) is 0. The number of carbonyl (C=O) groups excluding carboxylic acids is 2. The van der Waals surface area contributed by atoms with Crippen molar-refractivity contribution < 1.29 is 19.1 Å². The Morgan fingerprint density at radius 1 is 0.818 bits per heavy atom. The maximum absolute atomic E-state index is 11.7. The van der Waals surface area contributed by atoms with Crippen LogP contribution in [0.2, 0.25) is 0 Å². The molecule has 22 heavy (non-hydrogen) atoms. The zero-order chi connectivity index (χ0) is 16.6. The summed E-state index contributed by atoms with van der Waals surface area (Å²) in [5, 5.41) is 0. The third kappa shape index (κ3) is 12.7. The number of carbonyl (C=O) groups is 2. The third-order valence-corrected chi connectivity index (χ3v) is 3.66. The Bertz CT molecular complexity index is 289. The minimum Gasteiger partial charge on any atom is -0.466 e. The lowest BCUT2D eigenvalue weighted by atomic mass is 10.1. The van der Waals surface area contributed by atoms with Gasteiger partial charge in [0.2, 0.25) is 0 Å². The molecular formula is C18H34O4. The van der Waals surface area contributed by atoms with E-state index in [-0.39, 0.29) is 18.0 Å². The van der Waals surface area contributed by atoms with E-state index < -0.39 is 0 Å². The summed E-state index contributed by atoms with van der Waals surface area (Å²) in [6.45, 7) is 6.81. The van der Waals surface area contributed by atoms with Crippen LogP contribution >= 0.6 is 0 Å². The topological polar surface area (TPSA) is 52.6 Å². The van der Waals surface area contributed by atoms with Crippen LogP contribution in [0.15, 0.2) is 0 Å². The Balaban J connectivity index is 3.62. The highest BCUT2D eigenvalue weighted by Gasteiger charge is 2.13. The van der Waals surface area contributed by atoms with Crippen molar-refractivity contribution in [3.8, 4) is 0 Å². The first-order chi connectivity index (χ1) is 10.6. The van der Waals surface area contributed by atoms with Gasteiger partial charge in [-0.2, -0.15) is 0 Å². The fourth-order valence-electron chi connectivity index (χ4n) is 2.19. The Kier molecular flexibility index (Phi) is 14.1. The second-order valence-electron chi connectivity index (χ2n) is 5.80. The zero-order valence-corrected chi connectivity index (χ0v) is 14.7. The average Bonchev–Trinajstić information content (AvgIpc) is 2.51. The zero-order valence-electron chi connectivity index (χ0n) is 14.7. The van der Waals surface area contributed by atoms with Gasteiger partial charge in [-0.1, -0.05) is 52.9 Å². The van der Waals surface area contributed by atoms with E-state index in [1.807, 2.05) is 6.92 Å². The third-order valence-electron chi connectivity index (χ3n) is 3.66. The van der Waals surface area contributed by atoms with Crippen molar-refractivity contribution in [2.75, 3.05) is 6.61 Å². The molecule has 0 saturated carbocycles. The number of rotatable bonds is 14. The Labute approximate surface area is 135 Å². The molecule has 1 unspecified atom stereocenters. The van der Waals surface area contributed by atoms with Gasteiger partial charge in [0.05, 0.1) is 6.61 Å². The molecule has 4 heteroatoms. The van der Waals surface area contributed by atoms with Crippen LogP contribution in [0.4, 0.5) is 0 Å². The summed E-state index contributed by atoms with van der Waals surface area (Å²) in [4.78, 5) is 23.2. The van der Waals surface area contributed by atoms with Crippen LogP contribution in [0.1, 0.15) is 91.4 Å². The van der Waals surface area contributed by atoms with Crippen molar-refractivity contribution in [1.82, 2.24) is 0 Å². The van der Waals surface area contributed by atoms with Crippen molar-refractivity contribution in [3.63, 3.8) is 0 Å². The lowest BCUT2D eigenvalue weighted by Gasteiger charge is -2.15. The Hall–Kier alpha value is -1.06. The van der Waals surface area contributed by atoms with Gasteiger partial charge in [0.25, 0.3) is 0 Å². The fourth-order valence-corrected chi connectivity index (χ4v) is 2.19. The van der Waals surface area contributed by atoms with E-state index in [0.29, 0.717) is 25.9 Å². The summed E-state index contributed by atoms with van der Waals surface area (Å²) >= 11 is 0. The summed E-state index contributed by atoms with van der Waals surface area (Å²) < 4.78 is 10.6. The summed E-state index contributed by atoms with van der Waals surface area (Å²) in [5.74, 6) is -0.402. The van der Waals surface area contributed by atoms with Crippen LogP contribution < -0.4 is 0 Å². The average molecular weight is 314 g/mol. The van der Waals surface area contributed by atoms with Gasteiger partial charge in [-0.15, -0.1) is 0 Å². The van der Waals surface area contributed by atoms with Gasteiger partial charge in [-0.05, 0) is 25.7 Å². The Morgan fingerprint density at radius 3 is 2.14 bits per heavy atom. The van der Waals surface area contributed by atoms with Crippen LogP contribution in [-0.4, -0.2) is 24.6 Å². The van der Waals surface area contributed by atoms with Crippen molar-refractivity contribution in [1.29, 1.82) is 0 Å². The van der Waals surface area contributed by atoms with E-state index in [9.17, 15) is 9.59 Å². The van der Waals surface area contributed by atoms with E-state index >= 15 is 0 Å². The lowest BCUT2D eigenvalue weighted by Crippen LogP contribution is -2.17. The van der Waals surface area contributed by atoms with Crippen LogP contribution in [-0.2, 0) is 19.1 Å². The molecule has 130 valence electrons. The molecule has 4 nitrogen and oxygen atoms in total. The fraction of sp³-hybridized carbons (Fsp3) is 0.889. The number of ether oxygens (including phenoxy) is 2. The molecule has 0 aromatic heterocycles. The molecule has 0 aliphatic rings. The molecule has 0 rings (SSSR count). The van der Waals surface area contributed by atoms with Crippen LogP contribution in [0.5, 0.6) is 0 Å². The van der Waals surface area contributed by atoms with Gasteiger partial charge in [0.1, 0.15) is 6.10 Å². The van der Waals surface area contributed by atoms with E-state index in [1.54, 1.807) is 0 Å². The van der Waals surface area contributed by atoms with Gasteiger partial charge in [-0.3, -0.25) is 9.59 Å². The Morgan fingerprint density at radius 2 is 1.50 bits per heavy atom. The molecule has 0 amide bonds. The van der Waals surface area contributed by atoms with Crippen molar-refractivity contribution >= 4 is 11.9 Å². The molecule has 0 heterocycles. The maximum atomic E-state index is 11.7. The smallest absolute Gasteiger partial charge is 0.306 e. The first-order valence-corrected chi connectivity index (χ1v) is 8.99. The van der Waals surface area contributed by atoms with Gasteiger partial charge in [0.15, 0.2) is 0 Å². The van der Waals surface area contributed by atoms with Crippen LogP contribution in [0.25, 0.3) is 0 Å². The normalized spacial score (nSPS) is 12.0. The van der Waals surface area contributed by atoms with Gasteiger partial charge >= 0.3 is 11.9 Å². The first kappa shape index (κ1) is 20.9. The highest BCUT2D eigenvalue weighted by molar-refractivity contribution is 5.72. The molecule has 0 spiro atoms. The molecule has 0 N–H and O–H groups in total. The van der Waals surface area contributed by atoms with Gasteiger partial charge in [-0.25, -0.2) is 0 Å². The van der Waals surface area contributed by atoms with Crippen molar-refractivity contribution in [3.05, 3.63) is 0 Å². The lowest BCUT2D eigenvalue weighted by molar-refractivity contribution is -0.150. The molecule has 0 fully saturated rings. The largest absolute Gasteiger partial charge is 0.466 e. The number of esters is 2. The van der Waals surface area contributed by atoms with Crippen molar-refractivity contribution in [2.45, 2.75) is 97.5 Å². The predicted molar refractivity (Wildman–Crippen MR) is 88.6 cm³/mol. The van der Waals surface area contributed by atoms with Crippen molar-refractivity contribution in [2.24, 2.45) is 0 Å². The number of unbranched alkanes of at least 4 members (excludes halogenated alkanes) is 4. The highest BCUT2D eigenvalue weighted by atomic mass is 16.5. The quantitative estimate of drug-likeness (QED) is 0.341. The second-order valence-corrected chi connectivity index (χ2v) is 5.80. The molecule has 0 aliphatic carbocycles. The predicted octanol–water partition coefficient (Wildman–Crippen LogP) is 4.79. The monoisotopic (exact) mass is 314 g/mol. The second kappa shape index (κ2) is 14.9. The maximum Gasteiger partial charge on any atom is 0.306 e. The van der Waals surface area contributed by atoms with E-state index in [1.165, 1.54) is 12.8 Å². The number of hydrogen-bond acceptors (Lipinski definition) is 4. The minimum atomic E-state index is -0.206. The summed E-state index contributed by atoms with van der Waals surface area (Å²) in [6, 6.07) is 0. The van der Waals surface area contributed by atoms with E-state index in [2.05, 4.69) is 13.8 Å². The first-order valence-electron chi connectivity index (χ1n) is 8.99. The molecule has 0 radical (unpaired) electrons. The van der Waals surface area contributed by atoms with E-state index in [0.717, 1.165) is 38.5 Å². The summed E-state index contributed by atoms with van der Waals surface area (Å²) in [7, 11) is 0. The molecular weight excluding hydrogens is 280 g/mol. The molecule has 1 atom stereocenters. The molecule has 0 aliphatic heterocycles. The SMILES string of the molecule is CCCCCCOC(=O)CCCC(=O)OC(CC)CCCC. The van der Waals surface area contributed by atoms with Crippen LogP contribution in [0.3, 0.4) is 0 Å². The van der Waals surface area contributed by atoms with Gasteiger partial charge in [0, 0.05) is 12.8 Å². The molecule has 0 bridgehead atoms. The molecule has 0 saturated heterocycles. The molecule has 0 aromatic carbocycles. The number of hydrogen-bond donors (Lipinski definition) is 0. The minimum absolute atomic E-state index is 0.0259. The van der Waals surface area contributed by atoms with E-state index in [4.69, 9.17) is 9.47 Å². The summed E-state index contributed by atoms with van der Waals surface area (Å²) in [6.07, 6.45) is 9.49.